The number of nitro groups is 1. The molecule has 0 bridgehead atoms. The first-order valence-corrected chi connectivity index (χ1v) is 9.59. The van der Waals surface area contributed by atoms with Crippen LogP contribution >= 0.6 is 0 Å². The molecule has 0 aliphatic carbocycles. The number of carboxylic acid groups (broad SMARTS) is 2. The first-order valence-electron chi connectivity index (χ1n) is 9.59. The van der Waals surface area contributed by atoms with E-state index in [-0.39, 0.29) is 24.5 Å². The standard InChI is InChI=1S/C11H22N8O4.2C2HF3O2/c12-6(2-1-4-16-11(14)18-19(22)23)10(21)17-7-3-5-15-8(7)9(13)20;2*3-2(4,5)1(6)7/h6-8,15H,1-5,12H2,(H2,13,20)(H,17,21)(H3,14,16,18);2*(H,6,7)/t6-,7+,8-;;/m0../s1. The molecule has 11 N–H and O–H groups in total. The molecule has 1 aliphatic rings. The highest BCUT2D eigenvalue weighted by Crippen LogP contribution is 2.13. The Morgan fingerprint density at radius 2 is 1.54 bits per heavy atom. The normalized spacial score (nSPS) is 18.2. The Hall–Kier alpha value is -3.95. The van der Waals surface area contributed by atoms with Crippen molar-refractivity contribution in [2.75, 3.05) is 13.1 Å². The van der Waals surface area contributed by atoms with Gasteiger partial charge in [0.05, 0.1) is 12.1 Å². The number of guanidine groups is 1. The van der Waals surface area contributed by atoms with Crippen molar-refractivity contribution < 1.29 is 60.8 Å². The molecular formula is C15H24F6N8O8. The van der Waals surface area contributed by atoms with Gasteiger partial charge in [-0.25, -0.2) is 24.7 Å². The minimum Gasteiger partial charge on any atom is -0.475 e. The van der Waals surface area contributed by atoms with Gasteiger partial charge in [0.15, 0.2) is 5.03 Å². The number of amides is 2. The van der Waals surface area contributed by atoms with E-state index in [4.69, 9.17) is 37.0 Å². The lowest BCUT2D eigenvalue weighted by Crippen LogP contribution is -2.53. The molecule has 214 valence electrons. The van der Waals surface area contributed by atoms with Crippen LogP contribution in [0.15, 0.2) is 4.99 Å². The number of aliphatic imine (C=N–C) groups is 1. The Bertz CT molecular complexity index is 814. The zero-order chi connectivity index (χ0) is 29.6. The number of hydrogen-bond acceptors (Lipinski definition) is 9. The SMILES string of the molecule is NC(=O)[C@H]1NCC[C@H]1NC(=O)[C@@H](N)CCCN=C(N)N[N+](=O)[O-].O=C(O)C(F)(F)F.O=C(O)C(F)(F)F. The van der Waals surface area contributed by atoms with Gasteiger partial charge in [0, 0.05) is 6.54 Å². The predicted molar refractivity (Wildman–Crippen MR) is 109 cm³/mol. The number of halogens is 6. The van der Waals surface area contributed by atoms with E-state index in [0.717, 1.165) is 0 Å². The van der Waals surface area contributed by atoms with E-state index in [9.17, 15) is 46.0 Å². The number of aliphatic carboxylic acids is 2. The number of primary amides is 1. The number of carboxylic acids is 2. The largest absolute Gasteiger partial charge is 0.490 e. The molecule has 0 unspecified atom stereocenters. The maximum absolute atomic E-state index is 12.0. The van der Waals surface area contributed by atoms with Gasteiger partial charge in [0.25, 0.3) is 5.96 Å². The topological polar surface area (TPSA) is 278 Å². The third-order valence-electron chi connectivity index (χ3n) is 3.84. The summed E-state index contributed by atoms with van der Waals surface area (Å²) in [6, 6.07) is -1.74. The van der Waals surface area contributed by atoms with E-state index in [2.05, 4.69) is 15.6 Å². The summed E-state index contributed by atoms with van der Waals surface area (Å²) in [5.74, 6) is -6.73. The van der Waals surface area contributed by atoms with Crippen LogP contribution in [0.1, 0.15) is 19.3 Å². The molecule has 16 nitrogen and oxygen atoms in total. The smallest absolute Gasteiger partial charge is 0.475 e. The Balaban J connectivity index is 0. The lowest BCUT2D eigenvalue weighted by atomic mass is 10.1. The number of hydrazine groups is 1. The second-order valence-electron chi connectivity index (χ2n) is 6.73. The molecule has 0 aromatic heterocycles. The maximum atomic E-state index is 12.0. The number of hydrogen-bond donors (Lipinski definition) is 8. The third kappa shape index (κ3) is 17.2. The molecule has 1 saturated heterocycles. The Labute approximate surface area is 202 Å². The molecule has 2 amide bonds. The first-order chi connectivity index (χ1) is 16.7. The summed E-state index contributed by atoms with van der Waals surface area (Å²) in [6.45, 7) is 0.785. The van der Waals surface area contributed by atoms with Gasteiger partial charge in [-0.1, -0.05) is 5.43 Å². The molecule has 0 aromatic carbocycles. The van der Waals surface area contributed by atoms with Crippen LogP contribution in [0.25, 0.3) is 0 Å². The lowest BCUT2D eigenvalue weighted by Gasteiger charge is -2.20. The van der Waals surface area contributed by atoms with Gasteiger partial charge < -0.3 is 38.0 Å². The molecular weight excluding hydrogens is 534 g/mol. The number of nitrogens with zero attached hydrogens (tertiary/aromatic N) is 2. The molecule has 1 heterocycles. The molecule has 0 spiro atoms. The summed E-state index contributed by atoms with van der Waals surface area (Å²) in [7, 11) is 0. The van der Waals surface area contributed by atoms with Gasteiger partial charge in [-0.3, -0.25) is 9.59 Å². The van der Waals surface area contributed by atoms with Crippen LogP contribution in [0.4, 0.5) is 26.3 Å². The zero-order valence-electron chi connectivity index (χ0n) is 18.5. The van der Waals surface area contributed by atoms with Crippen molar-refractivity contribution in [2.24, 2.45) is 22.2 Å². The number of alkyl halides is 6. The molecule has 37 heavy (non-hydrogen) atoms. The summed E-state index contributed by atoms with van der Waals surface area (Å²) >= 11 is 0. The Morgan fingerprint density at radius 3 is 1.92 bits per heavy atom. The lowest BCUT2D eigenvalue weighted by molar-refractivity contribution is -0.525. The highest BCUT2D eigenvalue weighted by Gasteiger charge is 2.39. The fourth-order valence-electron chi connectivity index (χ4n) is 2.22. The van der Waals surface area contributed by atoms with Gasteiger partial charge >= 0.3 is 24.3 Å². The molecule has 3 atom stereocenters. The quantitative estimate of drug-likeness (QED) is 0.0393. The van der Waals surface area contributed by atoms with Crippen LogP contribution in [-0.4, -0.2) is 88.5 Å². The average Bonchev–Trinajstić information content (AvgIpc) is 3.18. The van der Waals surface area contributed by atoms with Crippen molar-refractivity contribution in [3.63, 3.8) is 0 Å². The van der Waals surface area contributed by atoms with Gasteiger partial charge in [0.2, 0.25) is 11.8 Å². The van der Waals surface area contributed by atoms with Crippen LogP contribution in [0, 0.1) is 10.1 Å². The van der Waals surface area contributed by atoms with Crippen molar-refractivity contribution >= 4 is 29.7 Å². The summed E-state index contributed by atoms with van der Waals surface area (Å²) in [6.07, 6.45) is -8.82. The van der Waals surface area contributed by atoms with E-state index >= 15 is 0 Å². The number of carbonyl (C=O) groups excluding carboxylic acids is 2. The van der Waals surface area contributed by atoms with Crippen LogP contribution in [0.3, 0.4) is 0 Å². The van der Waals surface area contributed by atoms with Crippen LogP contribution in [0.5, 0.6) is 0 Å². The van der Waals surface area contributed by atoms with Gasteiger partial charge in [-0.2, -0.15) is 26.3 Å². The fourth-order valence-corrected chi connectivity index (χ4v) is 2.22. The molecule has 0 aromatic rings. The van der Waals surface area contributed by atoms with Gasteiger partial charge in [-0.05, 0) is 25.8 Å². The van der Waals surface area contributed by atoms with E-state index in [0.29, 0.717) is 25.8 Å². The van der Waals surface area contributed by atoms with Gasteiger partial charge in [0.1, 0.15) is 6.04 Å². The van der Waals surface area contributed by atoms with E-state index in [1.165, 1.54) is 0 Å². The third-order valence-corrected chi connectivity index (χ3v) is 3.84. The van der Waals surface area contributed by atoms with E-state index in [1.807, 2.05) is 0 Å². The van der Waals surface area contributed by atoms with Gasteiger partial charge in [-0.15, -0.1) is 0 Å². The first kappa shape index (κ1) is 35.2. The summed E-state index contributed by atoms with van der Waals surface area (Å²) in [5.41, 5.74) is 17.9. The predicted octanol–water partition coefficient (Wildman–Crippen LogP) is -2.21. The molecule has 22 heteroatoms. The van der Waals surface area contributed by atoms with Crippen LogP contribution in [0.2, 0.25) is 0 Å². The average molecular weight is 558 g/mol. The molecule has 1 fully saturated rings. The summed E-state index contributed by atoms with van der Waals surface area (Å²) in [5, 5.41) is 29.1. The van der Waals surface area contributed by atoms with Crippen LogP contribution < -0.4 is 33.3 Å². The fraction of sp³-hybridized carbons (Fsp3) is 0.667. The summed E-state index contributed by atoms with van der Waals surface area (Å²) in [4.78, 5) is 54.8. The Kier molecular flexibility index (Phi) is 15.2. The second-order valence-corrected chi connectivity index (χ2v) is 6.73. The highest BCUT2D eigenvalue weighted by molar-refractivity contribution is 5.85. The van der Waals surface area contributed by atoms with Crippen molar-refractivity contribution in [3.8, 4) is 0 Å². The number of nitrogens with two attached hydrogens (primary N) is 3. The maximum Gasteiger partial charge on any atom is 0.490 e. The summed E-state index contributed by atoms with van der Waals surface area (Å²) < 4.78 is 63.5. The molecule has 0 radical (unpaired) electrons. The van der Waals surface area contributed by atoms with Crippen molar-refractivity contribution in [3.05, 3.63) is 10.1 Å². The van der Waals surface area contributed by atoms with Crippen molar-refractivity contribution in [2.45, 2.75) is 49.7 Å². The molecule has 1 rings (SSSR count). The monoisotopic (exact) mass is 558 g/mol. The number of carbonyl (C=O) groups is 4. The van der Waals surface area contributed by atoms with E-state index in [1.54, 1.807) is 5.43 Å². The zero-order valence-corrected chi connectivity index (χ0v) is 18.5. The minimum absolute atomic E-state index is 0.197. The minimum atomic E-state index is -5.08. The van der Waals surface area contributed by atoms with Crippen molar-refractivity contribution in [1.82, 2.24) is 16.1 Å². The molecule has 1 aliphatic heterocycles. The van der Waals surface area contributed by atoms with Crippen LogP contribution in [-0.2, 0) is 19.2 Å². The Morgan fingerprint density at radius 1 is 1.08 bits per heavy atom. The highest BCUT2D eigenvalue weighted by atomic mass is 19.4. The molecule has 0 saturated carbocycles. The van der Waals surface area contributed by atoms with E-state index < -0.39 is 47.3 Å². The van der Waals surface area contributed by atoms with Crippen molar-refractivity contribution in [1.29, 1.82) is 0 Å². The number of nitrogens with one attached hydrogen (secondary N) is 3. The number of rotatable bonds is 8. The second kappa shape index (κ2) is 15.9.